The Morgan fingerprint density at radius 1 is 0.957 bits per heavy atom. The summed E-state index contributed by atoms with van der Waals surface area (Å²) in [5.74, 6) is 1.15. The molecule has 2 aromatic carbocycles. The van der Waals surface area contributed by atoms with Gasteiger partial charge in [-0.2, -0.15) is 0 Å². The van der Waals surface area contributed by atoms with Crippen molar-refractivity contribution < 1.29 is 4.42 Å². The average Bonchev–Trinajstić information content (AvgIpc) is 3.03. The number of fused-ring (bicyclic) bond motifs is 1. The number of benzene rings is 2. The Bertz CT molecular complexity index is 841. The van der Waals surface area contributed by atoms with E-state index in [1.807, 2.05) is 24.3 Å². The van der Waals surface area contributed by atoms with Crippen LogP contribution in [0.3, 0.4) is 0 Å². The Balaban J connectivity index is 1.56. The molecule has 4 heteroatoms. The lowest BCUT2D eigenvalue weighted by Gasteiger charge is -2.16. The van der Waals surface area contributed by atoms with Gasteiger partial charge in [-0.05, 0) is 60.6 Å². The molecule has 0 amide bonds. The standard InChI is InChI=1S/C19H17ClN2O/c20-17-7-3-6-16(12-17)19-22-21-18(23-19)11-13-8-9-14-4-1-2-5-15(14)10-13/h3,6-10,12H,1-2,4-5,11H2. The molecule has 1 aromatic heterocycles. The van der Waals surface area contributed by atoms with Crippen LogP contribution in [0.25, 0.3) is 11.5 Å². The number of rotatable bonds is 3. The highest BCUT2D eigenvalue weighted by Crippen LogP contribution is 2.25. The molecule has 0 atom stereocenters. The van der Waals surface area contributed by atoms with Crippen LogP contribution in [-0.4, -0.2) is 10.2 Å². The zero-order valence-electron chi connectivity index (χ0n) is 12.8. The first-order valence-corrected chi connectivity index (χ1v) is 8.35. The quantitative estimate of drug-likeness (QED) is 0.690. The average molecular weight is 325 g/mol. The minimum atomic E-state index is 0.514. The van der Waals surface area contributed by atoms with Gasteiger partial charge in [0, 0.05) is 10.6 Å². The summed E-state index contributed by atoms with van der Waals surface area (Å²) < 4.78 is 5.79. The second-order valence-electron chi connectivity index (χ2n) is 6.00. The van der Waals surface area contributed by atoms with Crippen LogP contribution in [0.5, 0.6) is 0 Å². The highest BCUT2D eigenvalue weighted by Gasteiger charge is 2.12. The van der Waals surface area contributed by atoms with Crippen LogP contribution in [-0.2, 0) is 19.3 Å². The summed E-state index contributed by atoms with van der Waals surface area (Å²) in [6, 6.07) is 14.2. The molecule has 3 nitrogen and oxygen atoms in total. The number of hydrogen-bond donors (Lipinski definition) is 0. The minimum absolute atomic E-state index is 0.514. The van der Waals surface area contributed by atoms with Gasteiger partial charge in [-0.3, -0.25) is 0 Å². The Morgan fingerprint density at radius 3 is 2.70 bits per heavy atom. The van der Waals surface area contributed by atoms with Crippen molar-refractivity contribution in [2.75, 3.05) is 0 Å². The van der Waals surface area contributed by atoms with Gasteiger partial charge < -0.3 is 4.42 Å². The van der Waals surface area contributed by atoms with Crippen LogP contribution in [0.2, 0.25) is 5.02 Å². The van der Waals surface area contributed by atoms with Crippen molar-refractivity contribution in [2.45, 2.75) is 32.1 Å². The molecule has 0 N–H and O–H groups in total. The van der Waals surface area contributed by atoms with Crippen LogP contribution in [0.15, 0.2) is 46.9 Å². The van der Waals surface area contributed by atoms with Crippen LogP contribution < -0.4 is 0 Å². The summed E-state index contributed by atoms with van der Waals surface area (Å²) in [6.07, 6.45) is 5.64. The van der Waals surface area contributed by atoms with Crippen molar-refractivity contribution >= 4 is 11.6 Å². The lowest BCUT2D eigenvalue weighted by atomic mass is 9.90. The predicted octanol–water partition coefficient (Wildman–Crippen LogP) is 4.86. The summed E-state index contributed by atoms with van der Waals surface area (Å²) in [6.45, 7) is 0. The molecular formula is C19H17ClN2O. The zero-order valence-corrected chi connectivity index (χ0v) is 13.5. The first-order valence-electron chi connectivity index (χ1n) is 7.97. The molecule has 0 saturated heterocycles. The summed E-state index contributed by atoms with van der Waals surface area (Å²) in [7, 11) is 0. The fourth-order valence-corrected chi connectivity index (χ4v) is 3.32. The largest absolute Gasteiger partial charge is 0.420 e. The van der Waals surface area contributed by atoms with Gasteiger partial charge >= 0.3 is 0 Å². The van der Waals surface area contributed by atoms with E-state index in [2.05, 4.69) is 28.4 Å². The molecular weight excluding hydrogens is 308 g/mol. The van der Waals surface area contributed by atoms with Crippen molar-refractivity contribution in [3.8, 4) is 11.5 Å². The second-order valence-corrected chi connectivity index (χ2v) is 6.43. The molecule has 3 aromatic rings. The van der Waals surface area contributed by atoms with Crippen molar-refractivity contribution in [3.63, 3.8) is 0 Å². The molecule has 23 heavy (non-hydrogen) atoms. The molecule has 0 saturated carbocycles. The molecule has 116 valence electrons. The van der Waals surface area contributed by atoms with E-state index in [1.54, 1.807) is 0 Å². The molecule has 0 unspecified atom stereocenters. The number of nitrogens with zero attached hydrogens (tertiary/aromatic N) is 2. The summed E-state index contributed by atoms with van der Waals surface area (Å²) in [5, 5.41) is 8.97. The molecule has 1 heterocycles. The normalized spacial score (nSPS) is 13.8. The van der Waals surface area contributed by atoms with Gasteiger partial charge in [0.1, 0.15) is 0 Å². The van der Waals surface area contributed by atoms with Gasteiger partial charge in [0.05, 0.1) is 6.42 Å². The van der Waals surface area contributed by atoms with E-state index in [0.29, 0.717) is 23.2 Å². The summed E-state index contributed by atoms with van der Waals surface area (Å²) in [4.78, 5) is 0. The summed E-state index contributed by atoms with van der Waals surface area (Å²) >= 11 is 6.01. The van der Waals surface area contributed by atoms with Crippen molar-refractivity contribution in [1.82, 2.24) is 10.2 Å². The molecule has 1 aliphatic carbocycles. The van der Waals surface area contributed by atoms with Gasteiger partial charge in [-0.15, -0.1) is 10.2 Å². The molecule has 0 aliphatic heterocycles. The van der Waals surface area contributed by atoms with Crippen LogP contribution in [0.4, 0.5) is 0 Å². The first-order chi connectivity index (χ1) is 11.3. The van der Waals surface area contributed by atoms with E-state index in [-0.39, 0.29) is 0 Å². The van der Waals surface area contributed by atoms with E-state index in [9.17, 15) is 0 Å². The highest BCUT2D eigenvalue weighted by atomic mass is 35.5. The molecule has 4 rings (SSSR count). The van der Waals surface area contributed by atoms with Gasteiger partial charge in [0.25, 0.3) is 0 Å². The Labute approximate surface area is 140 Å². The lowest BCUT2D eigenvalue weighted by molar-refractivity contribution is 0.518. The minimum Gasteiger partial charge on any atom is -0.420 e. The van der Waals surface area contributed by atoms with Crippen molar-refractivity contribution in [1.29, 1.82) is 0 Å². The lowest BCUT2D eigenvalue weighted by Crippen LogP contribution is -2.03. The number of aromatic nitrogens is 2. The zero-order chi connectivity index (χ0) is 15.6. The Hall–Kier alpha value is -2.13. The Kier molecular flexibility index (Phi) is 3.88. The maximum atomic E-state index is 6.01. The van der Waals surface area contributed by atoms with E-state index in [1.165, 1.54) is 42.4 Å². The van der Waals surface area contributed by atoms with Crippen molar-refractivity contribution in [2.24, 2.45) is 0 Å². The fraction of sp³-hybridized carbons (Fsp3) is 0.263. The van der Waals surface area contributed by atoms with Crippen LogP contribution in [0, 0.1) is 0 Å². The van der Waals surface area contributed by atoms with E-state index in [4.69, 9.17) is 16.0 Å². The maximum Gasteiger partial charge on any atom is 0.247 e. The number of halogens is 1. The third-order valence-corrected chi connectivity index (χ3v) is 4.54. The molecule has 0 spiro atoms. The smallest absolute Gasteiger partial charge is 0.247 e. The summed E-state index contributed by atoms with van der Waals surface area (Å²) in [5.41, 5.74) is 5.04. The molecule has 0 bridgehead atoms. The van der Waals surface area contributed by atoms with Gasteiger partial charge in [-0.25, -0.2) is 0 Å². The second kappa shape index (κ2) is 6.17. The van der Waals surface area contributed by atoms with Crippen LogP contribution in [0.1, 0.15) is 35.4 Å². The monoisotopic (exact) mass is 324 g/mol. The SMILES string of the molecule is Clc1cccc(-c2nnc(Cc3ccc4c(c3)CCCC4)o2)c1. The first kappa shape index (κ1) is 14.5. The highest BCUT2D eigenvalue weighted by molar-refractivity contribution is 6.30. The van der Waals surface area contributed by atoms with Crippen molar-refractivity contribution in [3.05, 3.63) is 70.1 Å². The predicted molar refractivity (Wildman–Crippen MR) is 90.6 cm³/mol. The number of aryl methyl sites for hydroxylation is 2. The van der Waals surface area contributed by atoms with E-state index in [0.717, 1.165) is 5.56 Å². The Morgan fingerprint density at radius 2 is 1.83 bits per heavy atom. The maximum absolute atomic E-state index is 6.01. The molecule has 1 aliphatic rings. The molecule has 0 fully saturated rings. The van der Waals surface area contributed by atoms with Gasteiger partial charge in [0.2, 0.25) is 11.8 Å². The van der Waals surface area contributed by atoms with Crippen LogP contribution >= 0.6 is 11.6 Å². The topological polar surface area (TPSA) is 38.9 Å². The number of hydrogen-bond acceptors (Lipinski definition) is 3. The van der Waals surface area contributed by atoms with E-state index >= 15 is 0 Å². The fourth-order valence-electron chi connectivity index (χ4n) is 3.13. The van der Waals surface area contributed by atoms with Gasteiger partial charge in [-0.1, -0.05) is 35.9 Å². The third kappa shape index (κ3) is 3.15. The third-order valence-electron chi connectivity index (χ3n) is 4.31. The molecule has 0 radical (unpaired) electrons. The van der Waals surface area contributed by atoms with E-state index < -0.39 is 0 Å². The van der Waals surface area contributed by atoms with Gasteiger partial charge in [0.15, 0.2) is 0 Å².